The highest BCUT2D eigenvalue weighted by molar-refractivity contribution is 6.63. The zero-order valence-corrected chi connectivity index (χ0v) is 26.9. The number of hydrogen-bond acceptors (Lipinski definition) is 9. The molecule has 2 aliphatic heterocycles. The van der Waals surface area contributed by atoms with E-state index >= 15 is 0 Å². The number of hydrogen-bond donors (Lipinski definition) is 0. The fourth-order valence-electron chi connectivity index (χ4n) is 5.30. The number of ether oxygens (including phenoxy) is 3. The quantitative estimate of drug-likeness (QED) is 0.266. The second kappa shape index (κ2) is 11.9. The molecule has 0 bridgehead atoms. The lowest BCUT2D eigenvalue weighted by Crippen LogP contribution is -2.41. The number of carbonyl (C=O) groups is 2. The number of methoxy groups -OCH3 is 1. The highest BCUT2D eigenvalue weighted by Crippen LogP contribution is 2.37. The molecule has 0 saturated carbocycles. The monoisotopic (exact) mass is 600 g/mol. The molecule has 10 heteroatoms. The van der Waals surface area contributed by atoms with E-state index in [1.165, 1.54) is 7.11 Å². The van der Waals surface area contributed by atoms with E-state index in [1.807, 2.05) is 102 Å². The van der Waals surface area contributed by atoms with Gasteiger partial charge in [0.1, 0.15) is 23.8 Å². The maximum atomic E-state index is 13.5. The molecule has 3 heterocycles. The molecule has 1 fully saturated rings. The van der Waals surface area contributed by atoms with Crippen LogP contribution in [0.15, 0.2) is 54.6 Å². The Bertz CT molecular complexity index is 1530. The van der Waals surface area contributed by atoms with Gasteiger partial charge < -0.3 is 28.4 Å². The zero-order valence-electron chi connectivity index (χ0n) is 26.9. The van der Waals surface area contributed by atoms with Crippen LogP contribution in [0.4, 0.5) is 5.82 Å². The SMILES string of the molecule is COC(=O)c1ccc(OCc2ccccc2)c2c1CN(c1ccc(B3OC(C)(C)C(C)(C)O3)c(C(=O)OC(C)(C)C)n1)CC2. The third kappa shape index (κ3) is 6.47. The van der Waals surface area contributed by atoms with Gasteiger partial charge in [-0.2, -0.15) is 0 Å². The number of carbonyl (C=O) groups excluding carboxylic acids is 2. The highest BCUT2D eigenvalue weighted by atomic mass is 16.7. The number of anilines is 1. The van der Waals surface area contributed by atoms with E-state index in [4.69, 9.17) is 28.5 Å². The number of benzene rings is 2. The fraction of sp³-hybridized carbons (Fsp3) is 0.441. The molecule has 0 aliphatic carbocycles. The molecule has 0 radical (unpaired) electrons. The lowest BCUT2D eigenvalue weighted by molar-refractivity contribution is 0.00578. The van der Waals surface area contributed by atoms with E-state index in [0.29, 0.717) is 43.0 Å². The molecule has 0 unspecified atom stereocenters. The van der Waals surface area contributed by atoms with Crippen LogP contribution >= 0.6 is 0 Å². The van der Waals surface area contributed by atoms with Crippen LogP contribution in [-0.2, 0) is 38.4 Å². The molecule has 2 aromatic carbocycles. The first-order valence-corrected chi connectivity index (χ1v) is 14.9. The summed E-state index contributed by atoms with van der Waals surface area (Å²) in [4.78, 5) is 33.2. The zero-order chi connectivity index (χ0) is 31.9. The number of nitrogens with zero attached hydrogens (tertiary/aromatic N) is 2. The minimum atomic E-state index is -0.790. The number of pyridine rings is 1. The summed E-state index contributed by atoms with van der Waals surface area (Å²) in [5.41, 5.74) is 2.02. The predicted octanol–water partition coefficient (Wildman–Crippen LogP) is 5.26. The molecular weight excluding hydrogens is 559 g/mol. The first-order valence-electron chi connectivity index (χ1n) is 14.9. The van der Waals surface area contributed by atoms with E-state index < -0.39 is 35.9 Å². The van der Waals surface area contributed by atoms with Crippen molar-refractivity contribution in [2.75, 3.05) is 18.6 Å². The lowest BCUT2D eigenvalue weighted by atomic mass is 9.77. The average molecular weight is 601 g/mol. The Morgan fingerprint density at radius 1 is 0.932 bits per heavy atom. The predicted molar refractivity (Wildman–Crippen MR) is 168 cm³/mol. The highest BCUT2D eigenvalue weighted by Gasteiger charge is 2.53. The van der Waals surface area contributed by atoms with Crippen molar-refractivity contribution in [3.8, 4) is 5.75 Å². The summed E-state index contributed by atoms with van der Waals surface area (Å²) in [5.74, 6) is 0.322. The Kier molecular flexibility index (Phi) is 8.53. The minimum Gasteiger partial charge on any atom is -0.489 e. The van der Waals surface area contributed by atoms with Gasteiger partial charge in [0.25, 0.3) is 0 Å². The van der Waals surface area contributed by atoms with Gasteiger partial charge in [-0.3, -0.25) is 0 Å². The molecule has 0 spiro atoms. The summed E-state index contributed by atoms with van der Waals surface area (Å²) in [6, 6.07) is 17.2. The molecule has 0 N–H and O–H groups in total. The smallest absolute Gasteiger partial charge is 0.489 e. The number of rotatable bonds is 7. The fourth-order valence-corrected chi connectivity index (χ4v) is 5.30. The minimum absolute atomic E-state index is 0.134. The first-order chi connectivity index (χ1) is 20.7. The standard InChI is InChI=1S/C34H41BN2O7/c1-32(2,3)42-31(39)29-26(35-43-33(4,5)34(6,7)44-35)15-17-28(36-29)37-19-18-23-25(20-37)24(30(38)40-8)14-16-27(23)41-21-22-12-10-9-11-13-22/h9-17H,18-21H2,1-8H3. The number of fused-ring (bicyclic) bond motifs is 1. The first kappa shape index (κ1) is 31.5. The van der Waals surface area contributed by atoms with E-state index in [-0.39, 0.29) is 5.69 Å². The molecule has 1 aromatic heterocycles. The van der Waals surface area contributed by atoms with Crippen LogP contribution < -0.4 is 15.1 Å². The van der Waals surface area contributed by atoms with E-state index in [0.717, 1.165) is 22.4 Å². The van der Waals surface area contributed by atoms with Crippen molar-refractivity contribution in [2.24, 2.45) is 0 Å². The van der Waals surface area contributed by atoms with Crippen LogP contribution in [0.5, 0.6) is 5.75 Å². The van der Waals surface area contributed by atoms with Gasteiger partial charge in [-0.15, -0.1) is 0 Å². The molecular formula is C34H41BN2O7. The van der Waals surface area contributed by atoms with Crippen molar-refractivity contribution in [3.05, 3.63) is 82.5 Å². The summed E-state index contributed by atoms with van der Waals surface area (Å²) in [7, 11) is 0.583. The van der Waals surface area contributed by atoms with Gasteiger partial charge in [0, 0.05) is 24.1 Å². The summed E-state index contributed by atoms with van der Waals surface area (Å²) < 4.78 is 29.7. The van der Waals surface area contributed by atoms with E-state index in [2.05, 4.69) is 0 Å². The molecule has 232 valence electrons. The van der Waals surface area contributed by atoms with Crippen LogP contribution in [0.3, 0.4) is 0 Å². The summed E-state index contributed by atoms with van der Waals surface area (Å²) in [6.45, 7) is 14.7. The van der Waals surface area contributed by atoms with E-state index in [9.17, 15) is 9.59 Å². The molecule has 0 amide bonds. The van der Waals surface area contributed by atoms with Crippen molar-refractivity contribution >= 4 is 30.3 Å². The van der Waals surface area contributed by atoms with Crippen molar-refractivity contribution < 1.29 is 33.1 Å². The van der Waals surface area contributed by atoms with Crippen LogP contribution in [0.25, 0.3) is 0 Å². The van der Waals surface area contributed by atoms with Crippen molar-refractivity contribution in [3.63, 3.8) is 0 Å². The largest absolute Gasteiger partial charge is 0.497 e. The summed E-state index contributed by atoms with van der Waals surface area (Å²) >= 11 is 0. The topological polar surface area (TPSA) is 96.4 Å². The molecule has 44 heavy (non-hydrogen) atoms. The molecule has 3 aromatic rings. The van der Waals surface area contributed by atoms with Crippen LogP contribution in [0.1, 0.15) is 86.0 Å². The number of aromatic nitrogens is 1. The second-order valence-corrected chi connectivity index (χ2v) is 13.2. The third-order valence-corrected chi connectivity index (χ3v) is 8.35. The van der Waals surface area contributed by atoms with Crippen molar-refractivity contribution in [2.45, 2.75) is 84.8 Å². The molecule has 9 nitrogen and oxygen atoms in total. The van der Waals surface area contributed by atoms with E-state index in [1.54, 1.807) is 6.07 Å². The maximum absolute atomic E-state index is 13.5. The van der Waals surface area contributed by atoms with Gasteiger partial charge in [0.2, 0.25) is 0 Å². The van der Waals surface area contributed by atoms with Crippen LogP contribution in [0.2, 0.25) is 0 Å². The van der Waals surface area contributed by atoms with Crippen molar-refractivity contribution in [1.82, 2.24) is 4.98 Å². The van der Waals surface area contributed by atoms with Gasteiger partial charge in [-0.25, -0.2) is 14.6 Å². The Balaban J connectivity index is 1.49. The average Bonchev–Trinajstić information content (AvgIpc) is 3.20. The number of esters is 2. The molecule has 2 aliphatic rings. The Hall–Kier alpha value is -3.89. The molecule has 1 saturated heterocycles. The molecule has 5 rings (SSSR count). The summed E-state index contributed by atoms with van der Waals surface area (Å²) in [6.07, 6.45) is 0.604. The van der Waals surface area contributed by atoms with Gasteiger partial charge in [-0.05, 0) is 84.2 Å². The second-order valence-electron chi connectivity index (χ2n) is 13.2. The van der Waals surface area contributed by atoms with Crippen LogP contribution in [-0.4, -0.2) is 54.5 Å². The van der Waals surface area contributed by atoms with Crippen molar-refractivity contribution in [1.29, 1.82) is 0 Å². The van der Waals surface area contributed by atoms with Crippen LogP contribution in [0, 0.1) is 0 Å². The Labute approximate surface area is 260 Å². The normalized spacial score (nSPS) is 17.2. The van der Waals surface area contributed by atoms with Gasteiger partial charge in [0.15, 0.2) is 5.69 Å². The van der Waals surface area contributed by atoms with Gasteiger partial charge in [0.05, 0.1) is 23.9 Å². The Morgan fingerprint density at radius 2 is 1.61 bits per heavy atom. The molecule has 0 atom stereocenters. The maximum Gasteiger partial charge on any atom is 0.497 e. The lowest BCUT2D eigenvalue weighted by Gasteiger charge is -2.32. The Morgan fingerprint density at radius 3 is 2.25 bits per heavy atom. The summed E-state index contributed by atoms with van der Waals surface area (Å²) in [5, 5.41) is 0. The van der Waals surface area contributed by atoms with Gasteiger partial charge >= 0.3 is 19.1 Å². The third-order valence-electron chi connectivity index (χ3n) is 8.35. The van der Waals surface area contributed by atoms with Gasteiger partial charge in [-0.1, -0.05) is 36.4 Å².